The molecule has 10 rings (SSSR count). The van der Waals surface area contributed by atoms with Crippen LogP contribution >= 0.6 is 0 Å². The summed E-state index contributed by atoms with van der Waals surface area (Å²) in [7, 11) is 0. The van der Waals surface area contributed by atoms with Crippen molar-refractivity contribution in [3.8, 4) is 33.8 Å². The average molecular weight is 1060 g/mol. The molecule has 0 spiro atoms. The first-order valence-electron chi connectivity index (χ1n) is 28.7. The second-order valence-corrected chi connectivity index (χ2v) is 17.1. The average Bonchev–Trinajstić information content (AvgIpc) is 3.99. The standard InChI is InChI=1S/C60H55N4O.Pt/c1-42(2)35-47-22-15-25-51(45-20-10-7-11-21-45)52(47)26-16-34-62-41-63(58-37-46(28-31-56(58)62)44-18-8-6-9-19-44)49-23-14-17-43(36-49)40-65-50-29-30-54-53-24-12-13-27-55(53)64(57(54)39-50)59-38-48(32-33-61-59)60(3,4)5;/h6-15,17-25,27-33,37-38,41-42H,16,26,34-35,40H2,1-5H3;/q-3;/i1D3,2D3,7D,10D,11D,20D,21D,35D2,42D;. The van der Waals surface area contributed by atoms with Gasteiger partial charge in [-0.3, -0.25) is 0 Å². The molecule has 5 nitrogen and oxygen atoms in total. The van der Waals surface area contributed by atoms with E-state index in [2.05, 4.69) is 61.7 Å². The minimum absolute atomic E-state index is 0. The van der Waals surface area contributed by atoms with Crippen molar-refractivity contribution in [2.24, 2.45) is 5.89 Å². The monoisotopic (exact) mass is 1060 g/mol. The number of benzene rings is 7. The van der Waals surface area contributed by atoms with Crippen LogP contribution in [0.5, 0.6) is 5.75 Å². The number of fused-ring (bicyclic) bond motifs is 4. The summed E-state index contributed by atoms with van der Waals surface area (Å²) >= 11 is 0. The molecule has 1 aliphatic rings. The Morgan fingerprint density at radius 2 is 1.61 bits per heavy atom. The Morgan fingerprint density at radius 1 is 0.788 bits per heavy atom. The molecule has 0 radical (unpaired) electrons. The Hall–Kier alpha value is -6.42. The van der Waals surface area contributed by atoms with Crippen LogP contribution in [0.2, 0.25) is 0 Å². The van der Waals surface area contributed by atoms with E-state index in [1.165, 1.54) is 18.2 Å². The molecule has 7 aromatic carbocycles. The molecule has 0 N–H and O–H groups in total. The molecule has 0 unspecified atom stereocenters. The number of pyridine rings is 1. The van der Waals surface area contributed by atoms with Gasteiger partial charge < -0.3 is 19.1 Å². The SMILES string of the molecule is [2H]c1c([2H])c([2H])c(-c2cccc(C([2H])([2H])C([2H])(C([2H])([2H])[2H])C([2H])([2H])[2H])c2CCCN2[CH-]N(c3[c-]c(COc4[c-]c5c(cc4)c4ccccc4n5-c4cc(C(C)(C)C)ccn4)ccc3)c3cc(-c4ccccc4)ccc32)c([2H])c1[2H].[Pt]. The molecule has 0 saturated carbocycles. The van der Waals surface area contributed by atoms with E-state index in [1.54, 1.807) is 0 Å². The zero-order valence-corrected chi connectivity index (χ0v) is 39.0. The third kappa shape index (κ3) is 9.20. The van der Waals surface area contributed by atoms with Crippen LogP contribution in [-0.2, 0) is 45.9 Å². The molecule has 3 heterocycles. The van der Waals surface area contributed by atoms with Crippen LogP contribution in [0.4, 0.5) is 17.1 Å². The molecule has 2 aromatic heterocycles. The van der Waals surface area contributed by atoms with E-state index in [4.69, 9.17) is 26.2 Å². The molecule has 9 aromatic rings. The van der Waals surface area contributed by atoms with Gasteiger partial charge in [0.15, 0.2) is 0 Å². The fourth-order valence-corrected chi connectivity index (χ4v) is 8.64. The minimum Gasteiger partial charge on any atom is -0.517 e. The minimum atomic E-state index is -3.68. The van der Waals surface area contributed by atoms with Gasteiger partial charge in [-0.25, -0.2) is 4.98 Å². The second-order valence-electron chi connectivity index (χ2n) is 17.1. The first kappa shape index (κ1) is 30.7. The Labute approximate surface area is 424 Å². The van der Waals surface area contributed by atoms with Crippen LogP contribution in [-0.4, -0.2) is 16.1 Å². The van der Waals surface area contributed by atoms with Gasteiger partial charge in [-0.05, 0) is 112 Å². The topological polar surface area (TPSA) is 33.5 Å². The maximum absolute atomic E-state index is 9.30. The molecule has 0 fully saturated rings. The van der Waals surface area contributed by atoms with Gasteiger partial charge in [0.05, 0.1) is 13.5 Å². The van der Waals surface area contributed by atoms with Gasteiger partial charge in [-0.1, -0.05) is 143 Å². The molecular formula is C60H55N4OPt-3. The van der Waals surface area contributed by atoms with Gasteiger partial charge in [-0.2, -0.15) is 37.0 Å². The zero-order chi connectivity index (χ0) is 56.6. The van der Waals surface area contributed by atoms with Crippen molar-refractivity contribution in [1.29, 1.82) is 0 Å². The first-order chi connectivity index (χ1) is 37.3. The molecule has 0 amide bonds. The third-order valence-electron chi connectivity index (χ3n) is 11.8. The van der Waals surface area contributed by atoms with E-state index in [9.17, 15) is 2.74 Å². The van der Waals surface area contributed by atoms with Crippen LogP contribution in [0.3, 0.4) is 0 Å². The molecular weight excluding hydrogens is 988 g/mol. The molecule has 66 heavy (non-hydrogen) atoms. The number of para-hydroxylation sites is 1. The number of ether oxygens (including phenoxy) is 1. The van der Waals surface area contributed by atoms with Crippen molar-refractivity contribution >= 4 is 38.9 Å². The van der Waals surface area contributed by atoms with Crippen molar-refractivity contribution in [1.82, 2.24) is 9.55 Å². The van der Waals surface area contributed by atoms with Crippen LogP contribution in [0, 0.1) is 24.7 Å². The van der Waals surface area contributed by atoms with Crippen LogP contribution in [0.25, 0.3) is 49.9 Å². The number of hydrogen-bond donors (Lipinski definition) is 0. The van der Waals surface area contributed by atoms with Crippen LogP contribution < -0.4 is 14.5 Å². The largest absolute Gasteiger partial charge is 0.517 e. The third-order valence-corrected chi connectivity index (χ3v) is 11.8. The number of anilines is 3. The van der Waals surface area contributed by atoms with Crippen molar-refractivity contribution in [3.05, 3.63) is 211 Å². The van der Waals surface area contributed by atoms with Gasteiger partial charge in [0, 0.05) is 62.2 Å². The van der Waals surface area contributed by atoms with Gasteiger partial charge in [0.1, 0.15) is 5.82 Å². The normalized spacial score (nSPS) is 16.3. The molecule has 6 heteroatoms. The Bertz CT molecular complexity index is 3760. The smallest absolute Gasteiger partial charge is 0.135 e. The maximum Gasteiger partial charge on any atom is 0.135 e. The molecule has 0 bridgehead atoms. The molecule has 334 valence electrons. The molecule has 0 aliphatic carbocycles. The van der Waals surface area contributed by atoms with Crippen molar-refractivity contribution in [3.63, 3.8) is 0 Å². The number of nitrogens with zero attached hydrogens (tertiary/aromatic N) is 4. The Balaban J connectivity index is 0.00000774. The van der Waals surface area contributed by atoms with E-state index in [0.29, 0.717) is 11.4 Å². The van der Waals surface area contributed by atoms with Crippen molar-refractivity contribution in [2.45, 2.75) is 65.7 Å². The van der Waals surface area contributed by atoms with Gasteiger partial charge in [-0.15, -0.1) is 28.8 Å². The molecule has 0 saturated heterocycles. The fourth-order valence-electron chi connectivity index (χ4n) is 8.64. The quantitative estimate of drug-likeness (QED) is 0.108. The predicted octanol–water partition coefficient (Wildman–Crippen LogP) is 14.9. The van der Waals surface area contributed by atoms with Crippen molar-refractivity contribution < 1.29 is 45.0 Å². The molecule has 1 aliphatic heterocycles. The zero-order valence-electron chi connectivity index (χ0n) is 50.7. The summed E-state index contributed by atoms with van der Waals surface area (Å²) in [5.41, 5.74) is 7.19. The van der Waals surface area contributed by atoms with E-state index < -0.39 is 61.7 Å². The van der Waals surface area contributed by atoms with E-state index >= 15 is 0 Å². The predicted molar refractivity (Wildman–Crippen MR) is 270 cm³/mol. The van der Waals surface area contributed by atoms with Crippen molar-refractivity contribution in [2.75, 3.05) is 16.3 Å². The van der Waals surface area contributed by atoms with Crippen LogP contribution in [0.1, 0.15) is 82.3 Å². The number of rotatable bonds is 13. The summed E-state index contributed by atoms with van der Waals surface area (Å²) in [6.45, 7) is 1.54. The van der Waals surface area contributed by atoms with Gasteiger partial charge >= 0.3 is 0 Å². The van der Waals surface area contributed by atoms with Gasteiger partial charge in [0.2, 0.25) is 0 Å². The second kappa shape index (κ2) is 19.2. The van der Waals surface area contributed by atoms with Gasteiger partial charge in [0.25, 0.3) is 0 Å². The fraction of sp³-hybridized carbons (Fsp3) is 0.200. The van der Waals surface area contributed by atoms with Crippen LogP contribution in [0.15, 0.2) is 170 Å². The number of hydrogen-bond acceptors (Lipinski definition) is 4. The summed E-state index contributed by atoms with van der Waals surface area (Å²) in [5.74, 6) is -2.37. The Morgan fingerprint density at radius 3 is 2.44 bits per heavy atom. The van der Waals surface area contributed by atoms with E-state index in [0.717, 1.165) is 61.3 Å². The first-order valence-corrected chi connectivity index (χ1v) is 21.7. The summed E-state index contributed by atoms with van der Waals surface area (Å²) < 4.78 is 128. The molecule has 0 atom stereocenters. The summed E-state index contributed by atoms with van der Waals surface area (Å²) in [6.07, 6.45) is -1.43. The number of aromatic nitrogens is 2. The van der Waals surface area contributed by atoms with E-state index in [1.807, 2.05) is 114 Å². The summed E-state index contributed by atoms with van der Waals surface area (Å²) in [6, 6.07) is 46.1. The Kier molecular flexibility index (Phi) is 8.94. The van der Waals surface area contributed by atoms with E-state index in [-0.39, 0.29) is 69.2 Å². The maximum atomic E-state index is 9.30. The summed E-state index contributed by atoms with van der Waals surface area (Å²) in [4.78, 5) is 8.81. The summed E-state index contributed by atoms with van der Waals surface area (Å²) in [5, 5.41) is 2.08.